The van der Waals surface area contributed by atoms with Crippen LogP contribution in [0.2, 0.25) is 0 Å². The highest BCUT2D eigenvalue weighted by atomic mass is 16.4. The third kappa shape index (κ3) is 4.64. The van der Waals surface area contributed by atoms with Crippen molar-refractivity contribution in [2.75, 3.05) is 11.9 Å². The molecule has 4 heterocycles. The lowest BCUT2D eigenvalue weighted by atomic mass is 10.1. The van der Waals surface area contributed by atoms with Crippen LogP contribution in [0.15, 0.2) is 68.6 Å². The number of anilines is 1. The Labute approximate surface area is 196 Å². The van der Waals surface area contributed by atoms with Crippen molar-refractivity contribution in [2.45, 2.75) is 6.92 Å². The van der Waals surface area contributed by atoms with E-state index in [1.807, 2.05) is 37.3 Å². The van der Waals surface area contributed by atoms with E-state index in [-0.39, 0.29) is 23.3 Å². The maximum atomic E-state index is 12.0. The molecule has 2 amide bonds. The van der Waals surface area contributed by atoms with Crippen molar-refractivity contribution in [3.8, 4) is 45.8 Å². The molecule has 0 aliphatic rings. The van der Waals surface area contributed by atoms with Crippen molar-refractivity contribution in [2.24, 2.45) is 0 Å². The number of benzene rings is 1. The number of carbonyl (C=O) groups is 1. The standard InChI is InChI=1S/C22H17N9O4/c1-2-23-21(32)27-17-8-13(19-29-28-18(34-19)12-6-4-3-5-7-12)14(9-26-17)15-10-25-16(11-24-15)20-30-31-22(33)35-20/h3-11H,2H2,1H3,(H,31,33)(H2,23,26,27,32). The van der Waals surface area contributed by atoms with Crippen molar-refractivity contribution in [3.05, 3.63) is 65.5 Å². The first-order valence-electron chi connectivity index (χ1n) is 10.4. The van der Waals surface area contributed by atoms with Gasteiger partial charge in [0.1, 0.15) is 11.5 Å². The monoisotopic (exact) mass is 471 g/mol. The maximum absolute atomic E-state index is 12.0. The average Bonchev–Trinajstić information content (AvgIpc) is 3.55. The van der Waals surface area contributed by atoms with E-state index < -0.39 is 11.8 Å². The fourth-order valence-corrected chi connectivity index (χ4v) is 3.17. The fourth-order valence-electron chi connectivity index (χ4n) is 3.17. The van der Waals surface area contributed by atoms with Crippen LogP contribution >= 0.6 is 0 Å². The van der Waals surface area contributed by atoms with E-state index in [1.54, 1.807) is 6.07 Å². The molecule has 0 radical (unpaired) electrons. The number of H-pyrrole nitrogens is 1. The van der Waals surface area contributed by atoms with E-state index in [9.17, 15) is 9.59 Å². The van der Waals surface area contributed by atoms with E-state index in [1.165, 1.54) is 18.6 Å². The lowest BCUT2D eigenvalue weighted by Crippen LogP contribution is -2.28. The first-order chi connectivity index (χ1) is 17.1. The Balaban J connectivity index is 1.55. The number of aromatic amines is 1. The predicted octanol–water partition coefficient (Wildman–Crippen LogP) is 2.74. The highest BCUT2D eigenvalue weighted by Gasteiger charge is 2.19. The Kier molecular flexibility index (Phi) is 5.78. The number of pyridine rings is 1. The van der Waals surface area contributed by atoms with Crippen LogP contribution in [-0.4, -0.2) is 47.9 Å². The minimum atomic E-state index is -0.696. The summed E-state index contributed by atoms with van der Waals surface area (Å²) in [4.78, 5) is 36.2. The van der Waals surface area contributed by atoms with Gasteiger partial charge in [-0.05, 0) is 25.1 Å². The van der Waals surface area contributed by atoms with Crippen molar-refractivity contribution < 1.29 is 13.6 Å². The molecule has 1 aromatic carbocycles. The molecule has 0 spiro atoms. The molecule has 5 rings (SSSR count). The van der Waals surface area contributed by atoms with E-state index in [2.05, 4.69) is 46.0 Å². The number of urea groups is 1. The van der Waals surface area contributed by atoms with Crippen LogP contribution in [0.4, 0.5) is 10.6 Å². The number of aromatic nitrogens is 7. The van der Waals surface area contributed by atoms with E-state index in [4.69, 9.17) is 8.83 Å². The summed E-state index contributed by atoms with van der Waals surface area (Å²) in [5, 5.41) is 19.6. The number of nitrogens with zero attached hydrogens (tertiary/aromatic N) is 6. The number of amides is 2. The minimum Gasteiger partial charge on any atom is -0.416 e. The molecule has 3 N–H and O–H groups in total. The van der Waals surface area contributed by atoms with Crippen LogP contribution in [0, 0.1) is 0 Å². The molecule has 0 unspecified atom stereocenters. The topological polar surface area (TPSA) is 178 Å². The Hall–Kier alpha value is -5.20. The van der Waals surface area contributed by atoms with Crippen LogP contribution in [0.5, 0.6) is 0 Å². The SMILES string of the molecule is CCNC(=O)Nc1cc(-c2nnc(-c3ccccc3)o2)c(-c2cnc(-c3n[nH]c(=O)o3)cn2)cn1. The van der Waals surface area contributed by atoms with Gasteiger partial charge in [-0.3, -0.25) is 10.3 Å². The molecule has 0 saturated carbocycles. The zero-order valence-electron chi connectivity index (χ0n) is 18.2. The summed E-state index contributed by atoms with van der Waals surface area (Å²) in [6, 6.07) is 10.5. The highest BCUT2D eigenvalue weighted by molar-refractivity contribution is 5.90. The molecule has 13 heteroatoms. The smallest absolute Gasteiger partial charge is 0.416 e. The summed E-state index contributed by atoms with van der Waals surface area (Å²) in [7, 11) is 0. The van der Waals surface area contributed by atoms with Gasteiger partial charge < -0.3 is 14.2 Å². The normalized spacial score (nSPS) is 10.8. The fraction of sp³-hybridized carbons (Fsp3) is 0.0909. The van der Waals surface area contributed by atoms with Gasteiger partial charge in [0.15, 0.2) is 0 Å². The second-order valence-corrected chi connectivity index (χ2v) is 7.08. The Morgan fingerprint density at radius 3 is 2.40 bits per heavy atom. The van der Waals surface area contributed by atoms with Crippen LogP contribution in [-0.2, 0) is 0 Å². The van der Waals surface area contributed by atoms with Gasteiger partial charge in [0.25, 0.3) is 5.89 Å². The Morgan fingerprint density at radius 1 is 0.914 bits per heavy atom. The lowest BCUT2D eigenvalue weighted by molar-refractivity contribution is 0.252. The van der Waals surface area contributed by atoms with Gasteiger partial charge in [-0.15, -0.1) is 15.3 Å². The number of nitrogens with one attached hydrogen (secondary N) is 3. The summed E-state index contributed by atoms with van der Waals surface area (Å²) in [5.41, 5.74) is 2.46. The van der Waals surface area contributed by atoms with Gasteiger partial charge in [0.2, 0.25) is 11.8 Å². The van der Waals surface area contributed by atoms with Crippen LogP contribution in [0.3, 0.4) is 0 Å². The highest BCUT2D eigenvalue weighted by Crippen LogP contribution is 2.33. The average molecular weight is 471 g/mol. The summed E-state index contributed by atoms with van der Waals surface area (Å²) < 4.78 is 10.8. The number of hydrogen-bond acceptors (Lipinski definition) is 10. The quantitative estimate of drug-likeness (QED) is 0.333. The zero-order chi connectivity index (χ0) is 24.2. The van der Waals surface area contributed by atoms with Gasteiger partial charge in [-0.1, -0.05) is 18.2 Å². The Morgan fingerprint density at radius 2 is 1.69 bits per heavy atom. The van der Waals surface area contributed by atoms with Crippen LogP contribution in [0.1, 0.15) is 6.92 Å². The van der Waals surface area contributed by atoms with Crippen molar-refractivity contribution >= 4 is 11.8 Å². The van der Waals surface area contributed by atoms with Crippen molar-refractivity contribution in [3.63, 3.8) is 0 Å². The molecule has 174 valence electrons. The Bertz CT molecular complexity index is 1520. The zero-order valence-corrected chi connectivity index (χ0v) is 18.2. The summed E-state index contributed by atoms with van der Waals surface area (Å²) >= 11 is 0. The van der Waals surface area contributed by atoms with Crippen LogP contribution < -0.4 is 16.4 Å². The summed E-state index contributed by atoms with van der Waals surface area (Å²) in [6.07, 6.45) is 4.39. The van der Waals surface area contributed by atoms with Gasteiger partial charge >= 0.3 is 11.8 Å². The van der Waals surface area contributed by atoms with E-state index in [0.717, 1.165) is 5.56 Å². The molecule has 0 aliphatic heterocycles. The van der Waals surface area contributed by atoms with Crippen LogP contribution in [0.25, 0.3) is 45.8 Å². The minimum absolute atomic E-state index is 0.0123. The van der Waals surface area contributed by atoms with Gasteiger partial charge in [-0.2, -0.15) is 0 Å². The molecule has 5 aromatic rings. The first-order valence-corrected chi connectivity index (χ1v) is 10.4. The van der Waals surface area contributed by atoms with Gasteiger partial charge in [-0.25, -0.2) is 24.7 Å². The number of rotatable bonds is 6. The second kappa shape index (κ2) is 9.35. The molecule has 0 fully saturated rings. The number of hydrogen-bond donors (Lipinski definition) is 3. The first kappa shape index (κ1) is 21.6. The molecule has 13 nitrogen and oxygen atoms in total. The summed E-state index contributed by atoms with van der Waals surface area (Å²) in [6.45, 7) is 2.26. The van der Waals surface area contributed by atoms with Gasteiger partial charge in [0, 0.05) is 23.9 Å². The molecular formula is C22H17N9O4. The molecule has 0 atom stereocenters. The van der Waals surface area contributed by atoms with Gasteiger partial charge in [0.05, 0.1) is 23.7 Å². The third-order valence-electron chi connectivity index (χ3n) is 4.74. The number of carbonyl (C=O) groups excluding carboxylic acids is 1. The largest absolute Gasteiger partial charge is 0.434 e. The predicted molar refractivity (Wildman–Crippen MR) is 123 cm³/mol. The lowest BCUT2D eigenvalue weighted by Gasteiger charge is -2.10. The maximum Gasteiger partial charge on any atom is 0.434 e. The molecule has 0 bridgehead atoms. The third-order valence-corrected chi connectivity index (χ3v) is 4.74. The van der Waals surface area contributed by atoms with E-state index >= 15 is 0 Å². The van der Waals surface area contributed by atoms with Crippen molar-refractivity contribution in [1.82, 2.24) is 40.7 Å². The van der Waals surface area contributed by atoms with E-state index in [0.29, 0.717) is 29.3 Å². The molecule has 0 saturated heterocycles. The summed E-state index contributed by atoms with van der Waals surface area (Å²) in [5.74, 6) is 0.120. The molecule has 4 aromatic heterocycles. The second-order valence-electron chi connectivity index (χ2n) is 7.08. The van der Waals surface area contributed by atoms with Crippen molar-refractivity contribution in [1.29, 1.82) is 0 Å². The molecule has 35 heavy (non-hydrogen) atoms. The molecule has 0 aliphatic carbocycles. The molecular weight excluding hydrogens is 454 g/mol.